The Kier molecular flexibility index (Phi) is 5.72. The van der Waals surface area contributed by atoms with Crippen LogP contribution in [0.5, 0.6) is 0 Å². The standard InChI is InChI=1S/C21H19ClFNO3S/c1-10-7-11(2)18(12(3)8-10)24-20(25)13(4)27-21(26)19-17(22)15-6-5-14(23)9-16(15)28-19/h5-9,13H,1-4H3,(H,24,25). The number of hydrogen-bond acceptors (Lipinski definition) is 4. The fourth-order valence-electron chi connectivity index (χ4n) is 3.04. The van der Waals surface area contributed by atoms with E-state index in [1.165, 1.54) is 25.1 Å². The molecule has 0 aliphatic heterocycles. The molecule has 0 radical (unpaired) electrons. The van der Waals surface area contributed by atoms with E-state index in [-0.39, 0.29) is 9.90 Å². The number of nitrogens with one attached hydrogen (secondary N) is 1. The maximum absolute atomic E-state index is 13.4. The van der Waals surface area contributed by atoms with Crippen LogP contribution in [0.15, 0.2) is 30.3 Å². The van der Waals surface area contributed by atoms with Crippen LogP contribution in [0.4, 0.5) is 10.1 Å². The number of benzene rings is 2. The molecule has 0 aliphatic carbocycles. The number of carbonyl (C=O) groups excluding carboxylic acids is 2. The Bertz CT molecular complexity index is 1070. The fourth-order valence-corrected chi connectivity index (χ4v) is 4.46. The van der Waals surface area contributed by atoms with Crippen LogP contribution in [0.3, 0.4) is 0 Å². The Morgan fingerprint density at radius 3 is 2.43 bits per heavy atom. The monoisotopic (exact) mass is 419 g/mol. The van der Waals surface area contributed by atoms with Gasteiger partial charge in [-0.25, -0.2) is 9.18 Å². The van der Waals surface area contributed by atoms with Crippen molar-refractivity contribution in [3.8, 4) is 0 Å². The van der Waals surface area contributed by atoms with Crippen LogP contribution in [-0.4, -0.2) is 18.0 Å². The smallest absolute Gasteiger partial charge is 0.350 e. The SMILES string of the molecule is Cc1cc(C)c(NC(=O)C(C)OC(=O)c2sc3cc(F)ccc3c2Cl)c(C)c1. The summed E-state index contributed by atoms with van der Waals surface area (Å²) in [5, 5.41) is 3.58. The van der Waals surface area contributed by atoms with Gasteiger partial charge in [0.2, 0.25) is 0 Å². The predicted octanol–water partition coefficient (Wildman–Crippen LogP) is 5.80. The second-order valence-corrected chi connectivity index (χ2v) is 8.13. The average molecular weight is 420 g/mol. The third kappa shape index (κ3) is 4.03. The maximum atomic E-state index is 13.4. The van der Waals surface area contributed by atoms with E-state index in [2.05, 4.69) is 5.32 Å². The number of thiophene rings is 1. The third-order valence-electron chi connectivity index (χ3n) is 4.36. The van der Waals surface area contributed by atoms with Gasteiger partial charge in [-0.15, -0.1) is 11.3 Å². The molecule has 2 aromatic carbocycles. The van der Waals surface area contributed by atoms with E-state index in [1.54, 1.807) is 0 Å². The van der Waals surface area contributed by atoms with Crippen LogP contribution < -0.4 is 5.32 Å². The lowest BCUT2D eigenvalue weighted by atomic mass is 10.0. The number of ether oxygens (including phenoxy) is 1. The van der Waals surface area contributed by atoms with Gasteiger partial charge in [0.25, 0.3) is 5.91 Å². The fraction of sp³-hybridized carbons (Fsp3) is 0.238. The molecule has 0 saturated carbocycles. The summed E-state index contributed by atoms with van der Waals surface area (Å²) < 4.78 is 19.2. The van der Waals surface area contributed by atoms with Crippen LogP contribution in [-0.2, 0) is 9.53 Å². The zero-order chi connectivity index (χ0) is 20.6. The van der Waals surface area contributed by atoms with Gasteiger partial charge < -0.3 is 10.1 Å². The van der Waals surface area contributed by atoms with Crippen molar-refractivity contribution in [1.82, 2.24) is 0 Å². The molecular weight excluding hydrogens is 401 g/mol. The number of rotatable bonds is 4. The van der Waals surface area contributed by atoms with Crippen LogP contribution in [0.2, 0.25) is 5.02 Å². The minimum Gasteiger partial charge on any atom is -0.448 e. The number of fused-ring (bicyclic) bond motifs is 1. The Morgan fingerprint density at radius 1 is 1.14 bits per heavy atom. The average Bonchev–Trinajstić information content (AvgIpc) is 2.93. The van der Waals surface area contributed by atoms with Crippen LogP contribution in [0.25, 0.3) is 10.1 Å². The van der Waals surface area contributed by atoms with Crippen molar-refractivity contribution in [2.45, 2.75) is 33.8 Å². The van der Waals surface area contributed by atoms with Gasteiger partial charge in [0.05, 0.1) is 5.02 Å². The summed E-state index contributed by atoms with van der Waals surface area (Å²) in [7, 11) is 0. The van der Waals surface area contributed by atoms with Gasteiger partial charge in [-0.1, -0.05) is 29.3 Å². The first-order valence-electron chi connectivity index (χ1n) is 8.64. The van der Waals surface area contributed by atoms with Gasteiger partial charge in [0.1, 0.15) is 10.7 Å². The summed E-state index contributed by atoms with van der Waals surface area (Å²) in [6.45, 7) is 7.29. The van der Waals surface area contributed by atoms with Gasteiger partial charge in [-0.2, -0.15) is 0 Å². The summed E-state index contributed by atoms with van der Waals surface area (Å²) in [6.07, 6.45) is -1.02. The van der Waals surface area contributed by atoms with Gasteiger partial charge in [-0.3, -0.25) is 4.79 Å². The van der Waals surface area contributed by atoms with Crippen molar-refractivity contribution >= 4 is 50.6 Å². The first-order valence-corrected chi connectivity index (χ1v) is 9.84. The zero-order valence-electron chi connectivity index (χ0n) is 15.9. The number of esters is 1. The predicted molar refractivity (Wildman–Crippen MR) is 111 cm³/mol. The molecule has 1 aromatic heterocycles. The number of halogens is 2. The molecule has 1 unspecified atom stereocenters. The molecule has 1 heterocycles. The molecule has 0 aliphatic rings. The number of carbonyl (C=O) groups is 2. The molecule has 0 bridgehead atoms. The van der Waals surface area contributed by atoms with Gasteiger partial charge in [0, 0.05) is 15.8 Å². The summed E-state index contributed by atoms with van der Waals surface area (Å²) in [5.74, 6) is -1.57. The largest absolute Gasteiger partial charge is 0.448 e. The number of anilines is 1. The Labute approximate surface area is 171 Å². The summed E-state index contributed by atoms with van der Waals surface area (Å²) >= 11 is 7.27. The summed E-state index contributed by atoms with van der Waals surface area (Å²) in [6, 6.07) is 8.03. The van der Waals surface area contributed by atoms with Crippen molar-refractivity contribution in [2.24, 2.45) is 0 Å². The van der Waals surface area contributed by atoms with E-state index in [0.29, 0.717) is 15.8 Å². The number of amides is 1. The molecule has 28 heavy (non-hydrogen) atoms. The van der Waals surface area contributed by atoms with Crippen molar-refractivity contribution in [1.29, 1.82) is 0 Å². The highest BCUT2D eigenvalue weighted by Crippen LogP contribution is 2.36. The van der Waals surface area contributed by atoms with E-state index >= 15 is 0 Å². The molecule has 1 N–H and O–H groups in total. The third-order valence-corrected chi connectivity index (χ3v) is 5.99. The Balaban J connectivity index is 1.76. The van der Waals surface area contributed by atoms with Crippen molar-refractivity contribution in [2.75, 3.05) is 5.32 Å². The lowest BCUT2D eigenvalue weighted by molar-refractivity contribution is -0.123. The van der Waals surface area contributed by atoms with Crippen LogP contribution >= 0.6 is 22.9 Å². The molecule has 1 atom stereocenters. The lowest BCUT2D eigenvalue weighted by Crippen LogP contribution is -2.30. The van der Waals surface area contributed by atoms with Gasteiger partial charge in [0.15, 0.2) is 6.10 Å². The highest BCUT2D eigenvalue weighted by Gasteiger charge is 2.24. The van der Waals surface area contributed by atoms with E-state index in [0.717, 1.165) is 28.0 Å². The molecule has 7 heteroatoms. The van der Waals surface area contributed by atoms with Crippen LogP contribution in [0, 0.1) is 26.6 Å². The first kappa shape index (κ1) is 20.3. The van der Waals surface area contributed by atoms with Gasteiger partial charge in [-0.05, 0) is 57.0 Å². The molecular formula is C21H19ClFNO3S. The quantitative estimate of drug-likeness (QED) is 0.543. The second-order valence-electron chi connectivity index (χ2n) is 6.70. The van der Waals surface area contributed by atoms with E-state index < -0.39 is 23.8 Å². The van der Waals surface area contributed by atoms with Crippen molar-refractivity contribution in [3.05, 3.63) is 62.7 Å². The molecule has 0 spiro atoms. The molecule has 3 aromatic rings. The normalized spacial score (nSPS) is 12.1. The zero-order valence-corrected chi connectivity index (χ0v) is 17.4. The summed E-state index contributed by atoms with van der Waals surface area (Å²) in [4.78, 5) is 25.1. The van der Waals surface area contributed by atoms with Crippen molar-refractivity contribution in [3.63, 3.8) is 0 Å². The highest BCUT2D eigenvalue weighted by molar-refractivity contribution is 7.21. The molecule has 0 fully saturated rings. The van der Waals surface area contributed by atoms with E-state index in [4.69, 9.17) is 16.3 Å². The van der Waals surface area contributed by atoms with Crippen LogP contribution in [0.1, 0.15) is 33.3 Å². The molecule has 1 amide bonds. The molecule has 0 saturated heterocycles. The first-order chi connectivity index (χ1) is 13.2. The van der Waals surface area contributed by atoms with Gasteiger partial charge >= 0.3 is 5.97 Å². The number of aryl methyl sites for hydroxylation is 3. The van der Waals surface area contributed by atoms with E-state index in [1.807, 2.05) is 32.9 Å². The minimum absolute atomic E-state index is 0.143. The number of hydrogen-bond donors (Lipinski definition) is 1. The van der Waals surface area contributed by atoms with E-state index in [9.17, 15) is 14.0 Å². The minimum atomic E-state index is -1.02. The maximum Gasteiger partial charge on any atom is 0.350 e. The topological polar surface area (TPSA) is 55.4 Å². The highest BCUT2D eigenvalue weighted by atomic mass is 35.5. The second kappa shape index (κ2) is 7.89. The Morgan fingerprint density at radius 2 is 1.79 bits per heavy atom. The van der Waals surface area contributed by atoms with Crippen molar-refractivity contribution < 1.29 is 18.7 Å². The summed E-state index contributed by atoms with van der Waals surface area (Å²) in [5.41, 5.74) is 3.66. The molecule has 4 nitrogen and oxygen atoms in total. The molecule has 146 valence electrons. The molecule has 3 rings (SSSR count). The lowest BCUT2D eigenvalue weighted by Gasteiger charge is -2.16. The Hall–Kier alpha value is -2.44.